The minimum atomic E-state index is -0.134. The molecule has 6 rings (SSSR count). The third-order valence-electron chi connectivity index (χ3n) is 7.58. The Morgan fingerprint density at radius 1 is 0.913 bits per heavy atom. The molecule has 0 radical (unpaired) electrons. The molecular formula is C35H32Cl3N5O3. The number of carbonyl (C=O) groups excluding carboxylic acids is 1. The first kappa shape index (κ1) is 34.4. The number of carbonyl (C=O) groups is 1. The van der Waals surface area contributed by atoms with Gasteiger partial charge in [0.1, 0.15) is 29.9 Å². The number of H-pyrrole nitrogens is 1. The first-order chi connectivity index (χ1) is 21.6. The van der Waals surface area contributed by atoms with E-state index < -0.39 is 0 Å². The van der Waals surface area contributed by atoms with Crippen LogP contribution in [-0.4, -0.2) is 40.4 Å². The number of hydrogen-bond acceptors (Lipinski definition) is 6. The summed E-state index contributed by atoms with van der Waals surface area (Å²) in [5.74, 6) is 1.79. The van der Waals surface area contributed by atoms with E-state index in [-0.39, 0.29) is 43.3 Å². The van der Waals surface area contributed by atoms with E-state index in [2.05, 4.69) is 20.9 Å². The maximum Gasteiger partial charge on any atom is 0.241 e. The minimum absolute atomic E-state index is 0. The Labute approximate surface area is 285 Å². The highest BCUT2D eigenvalue weighted by atomic mass is 35.5. The lowest BCUT2D eigenvalue weighted by Gasteiger charge is -2.38. The second-order valence-electron chi connectivity index (χ2n) is 10.5. The van der Waals surface area contributed by atoms with E-state index in [1.807, 2.05) is 84.9 Å². The highest BCUT2D eigenvalue weighted by Gasteiger charge is 2.31. The predicted molar refractivity (Wildman–Crippen MR) is 183 cm³/mol. The lowest BCUT2D eigenvalue weighted by molar-refractivity contribution is -0.122. The molecule has 11 heteroatoms. The van der Waals surface area contributed by atoms with Gasteiger partial charge in [0, 0.05) is 30.0 Å². The van der Waals surface area contributed by atoms with Crippen LogP contribution in [0.25, 0.3) is 0 Å². The van der Waals surface area contributed by atoms with E-state index in [0.29, 0.717) is 48.2 Å². The summed E-state index contributed by atoms with van der Waals surface area (Å²) in [6.45, 7) is 1.92. The summed E-state index contributed by atoms with van der Waals surface area (Å²) in [5, 5.41) is 10.4. The predicted octanol–water partition coefficient (Wildman–Crippen LogP) is 7.78. The highest BCUT2D eigenvalue weighted by Crippen LogP contribution is 2.32. The molecule has 0 spiro atoms. The van der Waals surface area contributed by atoms with E-state index in [1.54, 1.807) is 29.6 Å². The first-order valence-electron chi connectivity index (χ1n) is 14.3. The summed E-state index contributed by atoms with van der Waals surface area (Å²) in [4.78, 5) is 24.7. The normalized spacial score (nSPS) is 13.6. The van der Waals surface area contributed by atoms with Crippen molar-refractivity contribution in [1.29, 1.82) is 5.26 Å². The van der Waals surface area contributed by atoms with Crippen molar-refractivity contribution >= 4 is 48.0 Å². The summed E-state index contributed by atoms with van der Waals surface area (Å²) < 4.78 is 12.1. The number of hydrogen-bond donors (Lipinski definition) is 1. The standard InChI is InChI=1S/C35H30ClN5O3.2ClH/c36-28-7-4-8-29(19-28)41-16-15-40(22-35(41)42)33(32-21-38-24-39-32)17-26-9-10-27(20-37)34(18-26)44-31-13-11-30(12-14-31)43-23-25-5-2-1-3-6-25;;/h1-14,18-19,21,24,33H,15-17,22-23H2,(H,38,39);2*1H. The maximum atomic E-state index is 13.3. The molecule has 2 heterocycles. The maximum absolute atomic E-state index is 13.3. The lowest BCUT2D eigenvalue weighted by atomic mass is 9.99. The Morgan fingerprint density at radius 3 is 2.39 bits per heavy atom. The summed E-state index contributed by atoms with van der Waals surface area (Å²) in [6, 6.07) is 32.4. The van der Waals surface area contributed by atoms with E-state index in [9.17, 15) is 10.1 Å². The van der Waals surface area contributed by atoms with Gasteiger partial charge in [-0.3, -0.25) is 9.69 Å². The van der Waals surface area contributed by atoms with Gasteiger partial charge in [-0.15, -0.1) is 24.8 Å². The largest absolute Gasteiger partial charge is 0.489 e. The number of aromatic amines is 1. The van der Waals surface area contributed by atoms with Gasteiger partial charge in [-0.1, -0.05) is 54.1 Å². The smallest absolute Gasteiger partial charge is 0.241 e. The van der Waals surface area contributed by atoms with Crippen molar-refractivity contribution in [3.63, 3.8) is 0 Å². The van der Waals surface area contributed by atoms with Crippen LogP contribution >= 0.6 is 36.4 Å². The molecular weight excluding hydrogens is 645 g/mol. The van der Waals surface area contributed by atoms with E-state index in [0.717, 1.165) is 28.3 Å². The average Bonchev–Trinajstić information content (AvgIpc) is 3.59. The Balaban J connectivity index is 0.00000240. The SMILES string of the molecule is Cl.Cl.N#Cc1ccc(CC(c2cnc[nH]2)N2CCN(c3cccc(Cl)c3)C(=O)C2)cc1Oc1ccc(OCc2ccccc2)cc1. The van der Waals surface area contributed by atoms with Gasteiger partial charge in [-0.25, -0.2) is 4.98 Å². The number of nitriles is 1. The number of rotatable bonds is 10. The highest BCUT2D eigenvalue weighted by molar-refractivity contribution is 6.30. The van der Waals surface area contributed by atoms with Crippen molar-refractivity contribution in [3.8, 4) is 23.3 Å². The summed E-state index contributed by atoms with van der Waals surface area (Å²) >= 11 is 6.18. The molecule has 1 aliphatic heterocycles. The van der Waals surface area contributed by atoms with Crippen LogP contribution in [0, 0.1) is 11.3 Å². The van der Waals surface area contributed by atoms with Crippen molar-refractivity contribution in [3.05, 3.63) is 137 Å². The molecule has 1 atom stereocenters. The van der Waals surface area contributed by atoms with Crippen LogP contribution in [0.2, 0.25) is 5.02 Å². The van der Waals surface area contributed by atoms with Crippen LogP contribution in [0.5, 0.6) is 17.2 Å². The van der Waals surface area contributed by atoms with Crippen LogP contribution in [0.1, 0.15) is 28.4 Å². The van der Waals surface area contributed by atoms with Crippen LogP contribution in [0.3, 0.4) is 0 Å². The zero-order valence-electron chi connectivity index (χ0n) is 24.7. The molecule has 1 aromatic heterocycles. The average molecular weight is 677 g/mol. The third kappa shape index (κ3) is 8.39. The fraction of sp³-hybridized carbons (Fsp3) is 0.171. The fourth-order valence-electron chi connectivity index (χ4n) is 5.32. The second-order valence-corrected chi connectivity index (χ2v) is 10.9. The number of nitrogens with one attached hydrogen (secondary N) is 1. The molecule has 46 heavy (non-hydrogen) atoms. The molecule has 1 unspecified atom stereocenters. The first-order valence-corrected chi connectivity index (χ1v) is 14.7. The number of imidazole rings is 1. The van der Waals surface area contributed by atoms with Crippen LogP contribution in [0.4, 0.5) is 5.69 Å². The molecule has 1 fully saturated rings. The lowest BCUT2D eigenvalue weighted by Crippen LogP contribution is -2.51. The molecule has 0 bridgehead atoms. The minimum Gasteiger partial charge on any atom is -0.489 e. The molecule has 4 aromatic carbocycles. The van der Waals surface area contributed by atoms with Crippen molar-refractivity contribution in [2.75, 3.05) is 24.5 Å². The molecule has 0 aliphatic carbocycles. The Kier molecular flexibility index (Phi) is 12.1. The van der Waals surface area contributed by atoms with Crippen LogP contribution in [0.15, 0.2) is 110 Å². The summed E-state index contributed by atoms with van der Waals surface area (Å²) in [5.41, 5.74) is 4.19. The molecule has 8 nitrogen and oxygen atoms in total. The molecule has 0 saturated carbocycles. The van der Waals surface area contributed by atoms with E-state index >= 15 is 0 Å². The zero-order chi connectivity index (χ0) is 30.3. The summed E-state index contributed by atoms with van der Waals surface area (Å²) in [7, 11) is 0. The van der Waals surface area contributed by atoms with Crippen LogP contribution < -0.4 is 14.4 Å². The van der Waals surface area contributed by atoms with Crippen molar-refractivity contribution in [1.82, 2.24) is 14.9 Å². The van der Waals surface area contributed by atoms with Gasteiger partial charge in [0.15, 0.2) is 0 Å². The van der Waals surface area contributed by atoms with Crippen molar-refractivity contribution in [2.45, 2.75) is 19.1 Å². The van der Waals surface area contributed by atoms with E-state index in [1.165, 1.54) is 0 Å². The Hall–Kier alpha value is -4.52. The molecule has 236 valence electrons. The van der Waals surface area contributed by atoms with Gasteiger partial charge in [-0.05, 0) is 72.1 Å². The molecule has 1 saturated heterocycles. The Morgan fingerprint density at radius 2 is 1.70 bits per heavy atom. The molecule has 1 aliphatic rings. The van der Waals surface area contributed by atoms with Crippen LogP contribution in [-0.2, 0) is 17.8 Å². The number of halogens is 3. The van der Waals surface area contributed by atoms with Gasteiger partial charge in [0.25, 0.3) is 0 Å². The number of amides is 1. The van der Waals surface area contributed by atoms with Gasteiger partial charge in [0.2, 0.25) is 5.91 Å². The second kappa shape index (κ2) is 16.2. The number of ether oxygens (including phenoxy) is 2. The third-order valence-corrected chi connectivity index (χ3v) is 7.82. The van der Waals surface area contributed by atoms with Gasteiger partial charge < -0.3 is 19.4 Å². The zero-order valence-corrected chi connectivity index (χ0v) is 27.1. The van der Waals surface area contributed by atoms with Gasteiger partial charge >= 0.3 is 0 Å². The van der Waals surface area contributed by atoms with E-state index in [4.69, 9.17) is 21.1 Å². The topological polar surface area (TPSA) is 94.5 Å². The molecule has 1 amide bonds. The van der Waals surface area contributed by atoms with Crippen molar-refractivity contribution < 1.29 is 14.3 Å². The summed E-state index contributed by atoms with van der Waals surface area (Å²) in [6.07, 6.45) is 4.02. The number of nitrogens with zero attached hydrogens (tertiary/aromatic N) is 4. The fourth-order valence-corrected chi connectivity index (χ4v) is 5.51. The quantitative estimate of drug-likeness (QED) is 0.162. The molecule has 5 aromatic rings. The Bertz CT molecular complexity index is 1760. The molecule has 1 N–H and O–H groups in total. The van der Waals surface area contributed by atoms with Gasteiger partial charge in [0.05, 0.1) is 30.2 Å². The number of aromatic nitrogens is 2. The monoisotopic (exact) mass is 675 g/mol. The number of piperazine rings is 1. The van der Waals surface area contributed by atoms with Crippen molar-refractivity contribution in [2.24, 2.45) is 0 Å². The van der Waals surface area contributed by atoms with Gasteiger partial charge in [-0.2, -0.15) is 5.26 Å². The number of benzene rings is 4. The number of anilines is 1.